The molecule has 2 aromatic rings. The number of nitrogens with one attached hydrogen (secondary N) is 1. The van der Waals surface area contributed by atoms with Crippen molar-refractivity contribution in [2.45, 2.75) is 31.9 Å². The van der Waals surface area contributed by atoms with Gasteiger partial charge in [0.05, 0.1) is 12.2 Å². The Morgan fingerprint density at radius 3 is 3.16 bits per heavy atom. The van der Waals surface area contributed by atoms with Crippen molar-refractivity contribution in [3.63, 3.8) is 0 Å². The molecule has 5 heteroatoms. The van der Waals surface area contributed by atoms with Gasteiger partial charge in [0, 0.05) is 13.0 Å². The Hall–Kier alpha value is -2.04. The number of anilines is 1. The second-order valence-corrected chi connectivity index (χ2v) is 5.07. The second kappa shape index (κ2) is 4.26. The molecule has 4 rings (SSSR count). The summed E-state index contributed by atoms with van der Waals surface area (Å²) < 4.78 is 8.28. The minimum Gasteiger partial charge on any atom is -0.478 e. The quantitative estimate of drug-likeness (QED) is 0.849. The van der Waals surface area contributed by atoms with Crippen LogP contribution in [-0.2, 0) is 13.0 Å². The summed E-state index contributed by atoms with van der Waals surface area (Å²) in [6.07, 6.45) is 3.40. The van der Waals surface area contributed by atoms with Crippen molar-refractivity contribution in [3.05, 3.63) is 35.9 Å². The summed E-state index contributed by atoms with van der Waals surface area (Å²) in [6, 6.07) is 8.02. The van der Waals surface area contributed by atoms with E-state index in [1.165, 1.54) is 12.8 Å². The molecule has 0 radical (unpaired) electrons. The predicted molar refractivity (Wildman–Crippen MR) is 71.3 cm³/mol. The van der Waals surface area contributed by atoms with Crippen LogP contribution in [0.25, 0.3) is 0 Å². The molecule has 0 spiro atoms. The molecule has 2 aliphatic heterocycles. The van der Waals surface area contributed by atoms with Gasteiger partial charge < -0.3 is 14.6 Å². The fraction of sp³-hybridized carbons (Fsp3) is 0.429. The zero-order valence-corrected chi connectivity index (χ0v) is 10.7. The average Bonchev–Trinajstić information content (AvgIpc) is 2.91. The molecule has 0 aliphatic carbocycles. The number of fused-ring (bicyclic) bond motifs is 2. The number of aromatic nitrogens is 3. The standard InChI is InChI=1S/C14H16N4O/c1-2-6-11-10(5-1)15-9-12(19-11)14-17-16-13-7-3-4-8-18(13)14/h1-2,5-6,12,15H,3-4,7-9H2. The van der Waals surface area contributed by atoms with E-state index in [2.05, 4.69) is 20.1 Å². The molecule has 0 saturated heterocycles. The fourth-order valence-electron chi connectivity index (χ4n) is 2.83. The first-order chi connectivity index (χ1) is 9.42. The molecule has 2 aliphatic rings. The third kappa shape index (κ3) is 1.77. The van der Waals surface area contributed by atoms with E-state index < -0.39 is 0 Å². The molecule has 1 atom stereocenters. The highest BCUT2D eigenvalue weighted by Crippen LogP contribution is 2.33. The third-order valence-corrected chi connectivity index (χ3v) is 3.81. The van der Waals surface area contributed by atoms with Gasteiger partial charge in [0.15, 0.2) is 11.9 Å². The zero-order valence-electron chi connectivity index (χ0n) is 10.7. The maximum absolute atomic E-state index is 6.06. The molecular formula is C14H16N4O. The van der Waals surface area contributed by atoms with Gasteiger partial charge in [0.1, 0.15) is 11.6 Å². The molecule has 3 heterocycles. The Kier molecular flexibility index (Phi) is 2.43. The maximum atomic E-state index is 6.06. The van der Waals surface area contributed by atoms with Gasteiger partial charge in [-0.3, -0.25) is 0 Å². The Labute approximate surface area is 111 Å². The molecule has 0 fully saturated rings. The van der Waals surface area contributed by atoms with Crippen LogP contribution in [-0.4, -0.2) is 21.3 Å². The highest BCUT2D eigenvalue weighted by atomic mass is 16.5. The first kappa shape index (κ1) is 10.8. The van der Waals surface area contributed by atoms with E-state index in [1.807, 2.05) is 24.3 Å². The van der Waals surface area contributed by atoms with Crippen LogP contribution in [0.5, 0.6) is 5.75 Å². The minimum atomic E-state index is -0.0470. The molecule has 1 unspecified atom stereocenters. The van der Waals surface area contributed by atoms with Gasteiger partial charge >= 0.3 is 0 Å². The number of hydrogen-bond acceptors (Lipinski definition) is 4. The van der Waals surface area contributed by atoms with Crippen LogP contribution in [0.1, 0.15) is 30.6 Å². The average molecular weight is 256 g/mol. The van der Waals surface area contributed by atoms with Crippen molar-refractivity contribution in [2.75, 3.05) is 11.9 Å². The second-order valence-electron chi connectivity index (χ2n) is 5.07. The van der Waals surface area contributed by atoms with E-state index in [1.54, 1.807) is 0 Å². The lowest BCUT2D eigenvalue weighted by Crippen LogP contribution is -2.27. The third-order valence-electron chi connectivity index (χ3n) is 3.81. The molecule has 98 valence electrons. The van der Waals surface area contributed by atoms with Crippen molar-refractivity contribution >= 4 is 5.69 Å². The van der Waals surface area contributed by atoms with Gasteiger partial charge in [0.25, 0.3) is 0 Å². The summed E-state index contributed by atoms with van der Waals surface area (Å²) >= 11 is 0. The lowest BCUT2D eigenvalue weighted by atomic mass is 10.1. The number of benzene rings is 1. The highest BCUT2D eigenvalue weighted by Gasteiger charge is 2.27. The molecule has 1 N–H and O–H groups in total. The SMILES string of the molecule is c1ccc2c(c1)NCC(c1nnc3n1CCCC3)O2. The largest absolute Gasteiger partial charge is 0.478 e. The molecule has 1 aromatic carbocycles. The van der Waals surface area contributed by atoms with Crippen molar-refractivity contribution in [1.29, 1.82) is 0 Å². The zero-order chi connectivity index (χ0) is 12.7. The van der Waals surface area contributed by atoms with Crippen LogP contribution in [0.15, 0.2) is 24.3 Å². The monoisotopic (exact) mass is 256 g/mol. The van der Waals surface area contributed by atoms with E-state index in [0.717, 1.165) is 42.6 Å². The lowest BCUT2D eigenvalue weighted by Gasteiger charge is -2.27. The molecule has 5 nitrogen and oxygen atoms in total. The smallest absolute Gasteiger partial charge is 0.176 e. The van der Waals surface area contributed by atoms with Crippen molar-refractivity contribution in [1.82, 2.24) is 14.8 Å². The van der Waals surface area contributed by atoms with Gasteiger partial charge in [-0.2, -0.15) is 0 Å². The van der Waals surface area contributed by atoms with Gasteiger partial charge in [-0.1, -0.05) is 12.1 Å². The summed E-state index contributed by atoms with van der Waals surface area (Å²) in [5.41, 5.74) is 1.05. The normalized spacial score (nSPS) is 20.9. The van der Waals surface area contributed by atoms with E-state index in [4.69, 9.17) is 4.74 Å². The maximum Gasteiger partial charge on any atom is 0.176 e. The van der Waals surface area contributed by atoms with Crippen LogP contribution in [0.2, 0.25) is 0 Å². The Bertz CT molecular complexity index is 607. The topological polar surface area (TPSA) is 52.0 Å². The van der Waals surface area contributed by atoms with Crippen molar-refractivity contribution < 1.29 is 4.74 Å². The lowest BCUT2D eigenvalue weighted by molar-refractivity contribution is 0.193. The highest BCUT2D eigenvalue weighted by molar-refractivity contribution is 5.57. The van der Waals surface area contributed by atoms with Crippen LogP contribution in [0.4, 0.5) is 5.69 Å². The van der Waals surface area contributed by atoms with Gasteiger partial charge in [0.2, 0.25) is 0 Å². The fourth-order valence-corrected chi connectivity index (χ4v) is 2.83. The number of hydrogen-bond donors (Lipinski definition) is 1. The summed E-state index contributed by atoms with van der Waals surface area (Å²) in [7, 11) is 0. The Morgan fingerprint density at radius 1 is 1.21 bits per heavy atom. The number of aryl methyl sites for hydroxylation is 1. The van der Waals surface area contributed by atoms with Crippen molar-refractivity contribution in [2.24, 2.45) is 0 Å². The number of ether oxygens (including phenoxy) is 1. The van der Waals surface area contributed by atoms with E-state index in [-0.39, 0.29) is 6.10 Å². The summed E-state index contributed by atoms with van der Waals surface area (Å²) in [5.74, 6) is 2.95. The Morgan fingerprint density at radius 2 is 2.16 bits per heavy atom. The number of para-hydroxylation sites is 2. The molecule has 0 amide bonds. The molecular weight excluding hydrogens is 240 g/mol. The minimum absolute atomic E-state index is 0.0470. The van der Waals surface area contributed by atoms with Crippen molar-refractivity contribution in [3.8, 4) is 5.75 Å². The molecule has 0 bridgehead atoms. The van der Waals surface area contributed by atoms with Crippen LogP contribution >= 0.6 is 0 Å². The number of nitrogens with zero attached hydrogens (tertiary/aromatic N) is 3. The summed E-state index contributed by atoms with van der Waals surface area (Å²) in [4.78, 5) is 0. The van der Waals surface area contributed by atoms with Gasteiger partial charge in [-0.05, 0) is 25.0 Å². The summed E-state index contributed by atoms with van der Waals surface area (Å²) in [5, 5.41) is 12.0. The van der Waals surface area contributed by atoms with E-state index in [0.29, 0.717) is 0 Å². The molecule has 19 heavy (non-hydrogen) atoms. The van der Waals surface area contributed by atoms with Gasteiger partial charge in [-0.15, -0.1) is 10.2 Å². The molecule has 1 aromatic heterocycles. The van der Waals surface area contributed by atoms with Crippen LogP contribution < -0.4 is 10.1 Å². The van der Waals surface area contributed by atoms with Gasteiger partial charge in [-0.25, -0.2) is 0 Å². The predicted octanol–water partition coefficient (Wildman–Crippen LogP) is 2.16. The van der Waals surface area contributed by atoms with E-state index >= 15 is 0 Å². The van der Waals surface area contributed by atoms with Crippen LogP contribution in [0, 0.1) is 0 Å². The molecule has 0 saturated carbocycles. The Balaban J connectivity index is 1.66. The number of rotatable bonds is 1. The first-order valence-electron chi connectivity index (χ1n) is 6.83. The summed E-state index contributed by atoms with van der Waals surface area (Å²) in [6.45, 7) is 1.76. The first-order valence-corrected chi connectivity index (χ1v) is 6.83. The van der Waals surface area contributed by atoms with E-state index in [9.17, 15) is 0 Å². The van der Waals surface area contributed by atoms with Crippen LogP contribution in [0.3, 0.4) is 0 Å².